The molecule has 0 unspecified atom stereocenters. The predicted octanol–water partition coefficient (Wildman–Crippen LogP) is 2.76. The van der Waals surface area contributed by atoms with Gasteiger partial charge in [0.1, 0.15) is 0 Å². The van der Waals surface area contributed by atoms with Crippen molar-refractivity contribution < 1.29 is 0 Å². The van der Waals surface area contributed by atoms with E-state index in [2.05, 4.69) is 32.6 Å². The monoisotopic (exact) mass is 169 g/mol. The van der Waals surface area contributed by atoms with Gasteiger partial charge in [-0.05, 0) is 37.3 Å². The van der Waals surface area contributed by atoms with Crippen LogP contribution in [0.2, 0.25) is 0 Å². The lowest BCUT2D eigenvalue weighted by Crippen LogP contribution is -2.31. The molecule has 0 aliphatic carbocycles. The summed E-state index contributed by atoms with van der Waals surface area (Å²) >= 11 is 0. The average molecular weight is 169 g/mol. The molecule has 1 nitrogen and oxygen atoms in total. The van der Waals surface area contributed by atoms with E-state index in [4.69, 9.17) is 0 Å². The van der Waals surface area contributed by atoms with Gasteiger partial charge < -0.3 is 4.90 Å². The van der Waals surface area contributed by atoms with Crippen molar-refractivity contribution in [1.29, 1.82) is 0 Å². The van der Waals surface area contributed by atoms with E-state index in [1.54, 1.807) is 0 Å². The molecule has 0 spiro atoms. The van der Waals surface area contributed by atoms with Crippen LogP contribution in [0.4, 0.5) is 0 Å². The molecule has 72 valence electrons. The van der Waals surface area contributed by atoms with E-state index in [0.29, 0.717) is 5.41 Å². The van der Waals surface area contributed by atoms with Gasteiger partial charge in [-0.25, -0.2) is 0 Å². The summed E-state index contributed by atoms with van der Waals surface area (Å²) in [7, 11) is 0. The first-order chi connectivity index (χ1) is 5.50. The van der Waals surface area contributed by atoms with Crippen LogP contribution in [0.5, 0.6) is 0 Å². The van der Waals surface area contributed by atoms with Gasteiger partial charge in [0.15, 0.2) is 0 Å². The third kappa shape index (κ3) is 2.78. The summed E-state index contributed by atoms with van der Waals surface area (Å²) in [5.74, 6) is 0.815. The molecule has 0 amide bonds. The van der Waals surface area contributed by atoms with E-state index in [-0.39, 0.29) is 0 Å². The summed E-state index contributed by atoms with van der Waals surface area (Å²) in [6, 6.07) is 0. The van der Waals surface area contributed by atoms with Gasteiger partial charge in [0.2, 0.25) is 0 Å². The zero-order chi connectivity index (χ0) is 9.19. The number of hydrogen-bond acceptors (Lipinski definition) is 1. The van der Waals surface area contributed by atoms with E-state index in [9.17, 15) is 0 Å². The van der Waals surface area contributed by atoms with Crippen molar-refractivity contribution >= 4 is 0 Å². The van der Waals surface area contributed by atoms with Crippen molar-refractivity contribution in [2.75, 3.05) is 19.6 Å². The first-order valence-electron chi connectivity index (χ1n) is 5.22. The molecule has 0 bridgehead atoms. The molecule has 0 radical (unpaired) electrons. The molecule has 1 fully saturated rings. The van der Waals surface area contributed by atoms with Gasteiger partial charge in [0.25, 0.3) is 0 Å². The Hall–Kier alpha value is -0.0400. The summed E-state index contributed by atoms with van der Waals surface area (Å²) < 4.78 is 0. The number of likely N-dealkylation sites (tertiary alicyclic amines) is 1. The van der Waals surface area contributed by atoms with E-state index in [1.165, 1.54) is 32.5 Å². The summed E-state index contributed by atoms with van der Waals surface area (Å²) in [5.41, 5.74) is 0.475. The van der Waals surface area contributed by atoms with E-state index < -0.39 is 0 Å². The minimum atomic E-state index is 0.475. The molecule has 1 aliphatic heterocycles. The summed E-state index contributed by atoms with van der Waals surface area (Å²) in [6.45, 7) is 13.4. The molecule has 0 aromatic rings. The van der Waals surface area contributed by atoms with E-state index in [0.717, 1.165) is 5.92 Å². The fourth-order valence-corrected chi connectivity index (χ4v) is 1.63. The van der Waals surface area contributed by atoms with Crippen LogP contribution >= 0.6 is 0 Å². The van der Waals surface area contributed by atoms with Crippen molar-refractivity contribution in [3.8, 4) is 0 Å². The maximum absolute atomic E-state index is 2.61. The second-order valence-corrected chi connectivity index (χ2v) is 5.27. The summed E-state index contributed by atoms with van der Waals surface area (Å²) in [6.07, 6.45) is 2.83. The SMILES string of the molecule is C[C@H](CN1CCCC1)C(C)(C)C. The van der Waals surface area contributed by atoms with Gasteiger partial charge in [-0.3, -0.25) is 0 Å². The van der Waals surface area contributed by atoms with Crippen LogP contribution in [0.15, 0.2) is 0 Å². The van der Waals surface area contributed by atoms with Gasteiger partial charge in [0, 0.05) is 6.54 Å². The third-order valence-corrected chi connectivity index (χ3v) is 3.21. The highest BCUT2D eigenvalue weighted by Crippen LogP contribution is 2.26. The van der Waals surface area contributed by atoms with Crippen molar-refractivity contribution in [3.05, 3.63) is 0 Å². The number of rotatable bonds is 2. The van der Waals surface area contributed by atoms with Gasteiger partial charge >= 0.3 is 0 Å². The summed E-state index contributed by atoms with van der Waals surface area (Å²) in [5, 5.41) is 0. The lowest BCUT2D eigenvalue weighted by Gasteiger charge is -2.30. The Kier molecular flexibility index (Phi) is 3.16. The molecule has 1 heterocycles. The van der Waals surface area contributed by atoms with Crippen LogP contribution in [-0.2, 0) is 0 Å². The molecule has 0 saturated carbocycles. The van der Waals surface area contributed by atoms with Crippen molar-refractivity contribution in [3.63, 3.8) is 0 Å². The molecule has 0 aromatic heterocycles. The highest BCUT2D eigenvalue weighted by Gasteiger charge is 2.23. The molecule has 1 saturated heterocycles. The molecule has 1 heteroatoms. The largest absolute Gasteiger partial charge is 0.303 e. The lowest BCUT2D eigenvalue weighted by molar-refractivity contribution is 0.183. The number of hydrogen-bond donors (Lipinski definition) is 0. The fraction of sp³-hybridized carbons (Fsp3) is 1.00. The molecular weight excluding hydrogens is 146 g/mol. The van der Waals surface area contributed by atoms with Crippen LogP contribution in [-0.4, -0.2) is 24.5 Å². The normalized spacial score (nSPS) is 23.0. The lowest BCUT2D eigenvalue weighted by atomic mass is 9.82. The zero-order valence-corrected chi connectivity index (χ0v) is 9.06. The topological polar surface area (TPSA) is 3.24 Å². The standard InChI is InChI=1S/C11H23N/c1-10(11(2,3)4)9-12-7-5-6-8-12/h10H,5-9H2,1-4H3/t10-/m1/s1. The minimum Gasteiger partial charge on any atom is -0.303 e. The Bertz CT molecular complexity index is 128. The van der Waals surface area contributed by atoms with Crippen molar-refractivity contribution in [2.24, 2.45) is 11.3 Å². The van der Waals surface area contributed by atoms with Gasteiger partial charge in [-0.2, -0.15) is 0 Å². The van der Waals surface area contributed by atoms with Crippen LogP contribution in [0.25, 0.3) is 0 Å². The van der Waals surface area contributed by atoms with E-state index >= 15 is 0 Å². The highest BCUT2D eigenvalue weighted by atomic mass is 15.1. The second kappa shape index (κ2) is 3.78. The Labute approximate surface area is 77.1 Å². The second-order valence-electron chi connectivity index (χ2n) is 5.27. The van der Waals surface area contributed by atoms with Gasteiger partial charge in [0.05, 0.1) is 0 Å². The first kappa shape index (κ1) is 10.0. The third-order valence-electron chi connectivity index (χ3n) is 3.21. The van der Waals surface area contributed by atoms with Crippen LogP contribution < -0.4 is 0 Å². The predicted molar refractivity (Wildman–Crippen MR) is 54.3 cm³/mol. The Morgan fingerprint density at radius 3 is 2.08 bits per heavy atom. The van der Waals surface area contributed by atoms with Crippen LogP contribution in [0, 0.1) is 11.3 Å². The minimum absolute atomic E-state index is 0.475. The fourth-order valence-electron chi connectivity index (χ4n) is 1.63. The zero-order valence-electron chi connectivity index (χ0n) is 9.06. The van der Waals surface area contributed by atoms with Crippen LogP contribution in [0.3, 0.4) is 0 Å². The van der Waals surface area contributed by atoms with Gasteiger partial charge in [-0.1, -0.05) is 27.7 Å². The van der Waals surface area contributed by atoms with Crippen LogP contribution in [0.1, 0.15) is 40.5 Å². The molecule has 12 heavy (non-hydrogen) atoms. The maximum atomic E-state index is 2.61. The Balaban J connectivity index is 2.30. The molecular formula is C11H23N. The van der Waals surface area contributed by atoms with Crippen molar-refractivity contribution in [2.45, 2.75) is 40.5 Å². The molecule has 1 rings (SSSR count). The first-order valence-corrected chi connectivity index (χ1v) is 5.22. The molecule has 0 N–H and O–H groups in total. The number of nitrogens with zero attached hydrogens (tertiary/aromatic N) is 1. The quantitative estimate of drug-likeness (QED) is 0.614. The smallest absolute Gasteiger partial charge is 0.00120 e. The molecule has 0 aromatic carbocycles. The Morgan fingerprint density at radius 2 is 1.67 bits per heavy atom. The Morgan fingerprint density at radius 1 is 1.17 bits per heavy atom. The van der Waals surface area contributed by atoms with Crippen molar-refractivity contribution in [1.82, 2.24) is 4.90 Å². The molecule has 1 aliphatic rings. The average Bonchev–Trinajstić information content (AvgIpc) is 2.37. The maximum Gasteiger partial charge on any atom is 0.00120 e. The van der Waals surface area contributed by atoms with E-state index in [1.807, 2.05) is 0 Å². The summed E-state index contributed by atoms with van der Waals surface area (Å²) in [4.78, 5) is 2.61. The molecule has 1 atom stereocenters. The highest BCUT2D eigenvalue weighted by molar-refractivity contribution is 4.76. The van der Waals surface area contributed by atoms with Gasteiger partial charge in [-0.15, -0.1) is 0 Å².